The molecule has 0 saturated carbocycles. The number of carbonyl (C=O) groups is 1. The summed E-state index contributed by atoms with van der Waals surface area (Å²) in [6, 6.07) is 13.0. The van der Waals surface area contributed by atoms with Gasteiger partial charge in [-0.05, 0) is 48.9 Å². The summed E-state index contributed by atoms with van der Waals surface area (Å²) in [5, 5.41) is 8.62. The molecular formula is C21H15Cl2N3O4. The molecule has 4 rings (SSSR count). The van der Waals surface area contributed by atoms with Gasteiger partial charge in [0.1, 0.15) is 11.3 Å². The van der Waals surface area contributed by atoms with Gasteiger partial charge in [0.15, 0.2) is 12.4 Å². The maximum absolute atomic E-state index is 12.5. The summed E-state index contributed by atoms with van der Waals surface area (Å²) in [4.78, 5) is 24.1. The lowest BCUT2D eigenvalue weighted by Crippen LogP contribution is -2.14. The first-order valence-electron chi connectivity index (χ1n) is 8.86. The number of hydrogen-bond acceptors (Lipinski definition) is 5. The second-order valence-electron chi connectivity index (χ2n) is 6.50. The first-order chi connectivity index (χ1) is 14.4. The Morgan fingerprint density at radius 3 is 2.80 bits per heavy atom. The van der Waals surface area contributed by atoms with Gasteiger partial charge >= 0.3 is 5.63 Å². The van der Waals surface area contributed by atoms with Crippen LogP contribution in [0.15, 0.2) is 63.9 Å². The minimum Gasteiger partial charge on any atom is -0.470 e. The Hall–Kier alpha value is -3.29. The number of aryl methyl sites for hydroxylation is 1. The highest BCUT2D eigenvalue weighted by atomic mass is 35.5. The van der Waals surface area contributed by atoms with Gasteiger partial charge in [0.05, 0.1) is 5.02 Å². The number of rotatable bonds is 5. The molecule has 0 radical (unpaired) electrons. The van der Waals surface area contributed by atoms with E-state index in [0.717, 1.165) is 10.9 Å². The van der Waals surface area contributed by atoms with E-state index in [2.05, 4.69) is 10.4 Å². The predicted octanol–water partition coefficient (Wildman–Crippen LogP) is 4.89. The van der Waals surface area contributed by atoms with E-state index in [-0.39, 0.29) is 12.4 Å². The van der Waals surface area contributed by atoms with Gasteiger partial charge in [-0.3, -0.25) is 4.79 Å². The third-order valence-electron chi connectivity index (χ3n) is 4.33. The van der Waals surface area contributed by atoms with Crippen LogP contribution in [0.3, 0.4) is 0 Å². The van der Waals surface area contributed by atoms with Crippen molar-refractivity contribution in [2.45, 2.75) is 13.7 Å². The van der Waals surface area contributed by atoms with Crippen LogP contribution >= 0.6 is 23.2 Å². The van der Waals surface area contributed by atoms with E-state index < -0.39 is 11.5 Å². The molecular weight excluding hydrogens is 429 g/mol. The third-order valence-corrected chi connectivity index (χ3v) is 4.86. The summed E-state index contributed by atoms with van der Waals surface area (Å²) < 4.78 is 12.3. The maximum Gasteiger partial charge on any atom is 0.336 e. The van der Waals surface area contributed by atoms with Crippen molar-refractivity contribution in [2.24, 2.45) is 0 Å². The largest absolute Gasteiger partial charge is 0.470 e. The fourth-order valence-electron chi connectivity index (χ4n) is 2.88. The van der Waals surface area contributed by atoms with E-state index in [0.29, 0.717) is 27.1 Å². The van der Waals surface area contributed by atoms with Crippen LogP contribution in [0.1, 0.15) is 16.1 Å². The minimum absolute atomic E-state index is 0.0645. The number of halogens is 2. The number of benzene rings is 2. The molecule has 4 aromatic rings. The Morgan fingerprint density at radius 1 is 1.17 bits per heavy atom. The Balaban J connectivity index is 1.45. The quantitative estimate of drug-likeness (QED) is 0.443. The summed E-state index contributed by atoms with van der Waals surface area (Å²) in [5.74, 6) is 0.0446. The van der Waals surface area contributed by atoms with Crippen LogP contribution in [0.25, 0.3) is 11.0 Å². The number of amides is 1. The highest BCUT2D eigenvalue weighted by Gasteiger charge is 2.12. The van der Waals surface area contributed by atoms with Crippen molar-refractivity contribution in [3.8, 4) is 5.75 Å². The van der Waals surface area contributed by atoms with Crippen LogP contribution in [0, 0.1) is 6.92 Å². The Bertz CT molecular complexity index is 1310. The van der Waals surface area contributed by atoms with Crippen molar-refractivity contribution in [3.63, 3.8) is 0 Å². The molecule has 0 fully saturated rings. The van der Waals surface area contributed by atoms with Gasteiger partial charge in [0.25, 0.3) is 5.91 Å². The first-order valence-corrected chi connectivity index (χ1v) is 9.62. The Morgan fingerprint density at radius 2 is 2.00 bits per heavy atom. The molecule has 9 heteroatoms. The molecule has 2 heterocycles. The summed E-state index contributed by atoms with van der Waals surface area (Å²) in [6.45, 7) is 1.89. The van der Waals surface area contributed by atoms with E-state index in [9.17, 15) is 9.59 Å². The number of anilines is 1. The van der Waals surface area contributed by atoms with Crippen molar-refractivity contribution in [1.82, 2.24) is 9.78 Å². The Kier molecular flexibility index (Phi) is 5.48. The maximum atomic E-state index is 12.5. The average Bonchev–Trinajstić information content (AvgIpc) is 3.16. The normalized spacial score (nSPS) is 10.9. The van der Waals surface area contributed by atoms with Crippen molar-refractivity contribution < 1.29 is 13.9 Å². The molecule has 7 nitrogen and oxygen atoms in total. The molecule has 1 amide bonds. The molecule has 2 aromatic carbocycles. The SMILES string of the molecule is Cc1cc(=O)oc2cc(NC(=O)c3ccn(COc4ccc(Cl)cc4Cl)n3)ccc12. The lowest BCUT2D eigenvalue weighted by molar-refractivity contribution is 0.102. The minimum atomic E-state index is -0.442. The lowest BCUT2D eigenvalue weighted by Gasteiger charge is -2.08. The van der Waals surface area contributed by atoms with Crippen LogP contribution in [0.4, 0.5) is 5.69 Å². The van der Waals surface area contributed by atoms with E-state index >= 15 is 0 Å². The molecule has 30 heavy (non-hydrogen) atoms. The molecule has 0 spiro atoms. The average molecular weight is 444 g/mol. The monoisotopic (exact) mass is 443 g/mol. The van der Waals surface area contributed by atoms with Crippen molar-refractivity contribution >= 4 is 45.8 Å². The van der Waals surface area contributed by atoms with Gasteiger partial charge in [-0.1, -0.05) is 23.2 Å². The van der Waals surface area contributed by atoms with Gasteiger partial charge in [-0.2, -0.15) is 5.10 Å². The summed E-state index contributed by atoms with van der Waals surface area (Å²) in [7, 11) is 0. The zero-order valence-corrected chi connectivity index (χ0v) is 17.2. The van der Waals surface area contributed by atoms with E-state index in [1.54, 1.807) is 48.7 Å². The molecule has 152 valence electrons. The molecule has 0 aliphatic rings. The standard InChI is InChI=1S/C21H15Cl2N3O4/c1-12-8-20(27)30-19-10-14(3-4-15(12)19)24-21(28)17-6-7-26(25-17)11-29-18-5-2-13(22)9-16(18)23/h2-10H,11H2,1H3,(H,24,28). The van der Waals surface area contributed by atoms with Crippen LogP contribution < -0.4 is 15.7 Å². The van der Waals surface area contributed by atoms with Crippen LogP contribution in [-0.4, -0.2) is 15.7 Å². The topological polar surface area (TPSA) is 86.4 Å². The molecule has 2 aromatic heterocycles. The van der Waals surface area contributed by atoms with Gasteiger partial charge in [0.2, 0.25) is 0 Å². The number of nitrogens with one attached hydrogen (secondary N) is 1. The van der Waals surface area contributed by atoms with Crippen molar-refractivity contribution in [1.29, 1.82) is 0 Å². The fraction of sp³-hybridized carbons (Fsp3) is 0.0952. The number of fused-ring (bicyclic) bond motifs is 1. The number of carbonyl (C=O) groups excluding carboxylic acids is 1. The van der Waals surface area contributed by atoms with Crippen LogP contribution in [0.2, 0.25) is 10.0 Å². The van der Waals surface area contributed by atoms with Gasteiger partial charge < -0.3 is 14.5 Å². The van der Waals surface area contributed by atoms with Crippen molar-refractivity contribution in [3.05, 3.63) is 86.5 Å². The molecule has 0 aliphatic carbocycles. The number of aromatic nitrogens is 2. The second-order valence-corrected chi connectivity index (χ2v) is 7.35. The number of hydrogen-bond donors (Lipinski definition) is 1. The third kappa shape index (κ3) is 4.32. The smallest absolute Gasteiger partial charge is 0.336 e. The second kappa shape index (κ2) is 8.22. The molecule has 0 saturated heterocycles. The lowest BCUT2D eigenvalue weighted by atomic mass is 10.1. The molecule has 0 atom stereocenters. The summed E-state index contributed by atoms with van der Waals surface area (Å²) in [5.41, 5.74) is 1.45. The van der Waals surface area contributed by atoms with Gasteiger partial charge in [-0.15, -0.1) is 0 Å². The zero-order valence-electron chi connectivity index (χ0n) is 15.7. The van der Waals surface area contributed by atoms with Gasteiger partial charge in [0, 0.05) is 34.4 Å². The van der Waals surface area contributed by atoms with E-state index in [1.807, 2.05) is 6.92 Å². The first kappa shape index (κ1) is 20.0. The zero-order chi connectivity index (χ0) is 21.3. The summed E-state index contributed by atoms with van der Waals surface area (Å²) >= 11 is 11.9. The van der Waals surface area contributed by atoms with Gasteiger partial charge in [-0.25, -0.2) is 9.48 Å². The number of nitrogens with zero attached hydrogens (tertiary/aromatic N) is 2. The van der Waals surface area contributed by atoms with Crippen molar-refractivity contribution in [2.75, 3.05) is 5.32 Å². The molecule has 0 aliphatic heterocycles. The summed E-state index contributed by atoms with van der Waals surface area (Å²) in [6.07, 6.45) is 1.61. The molecule has 0 bridgehead atoms. The molecule has 1 N–H and O–H groups in total. The highest BCUT2D eigenvalue weighted by molar-refractivity contribution is 6.35. The highest BCUT2D eigenvalue weighted by Crippen LogP contribution is 2.27. The van der Waals surface area contributed by atoms with E-state index in [1.165, 1.54) is 10.7 Å². The predicted molar refractivity (Wildman–Crippen MR) is 114 cm³/mol. The van der Waals surface area contributed by atoms with Crippen LogP contribution in [0.5, 0.6) is 5.75 Å². The fourth-order valence-corrected chi connectivity index (χ4v) is 3.34. The molecule has 0 unspecified atom stereocenters. The Labute approximate surface area is 180 Å². The van der Waals surface area contributed by atoms with E-state index in [4.69, 9.17) is 32.4 Å². The number of ether oxygens (including phenoxy) is 1. The van der Waals surface area contributed by atoms with Crippen LogP contribution in [-0.2, 0) is 6.73 Å².